The molecule has 1 nitrogen and oxygen atoms in total. The van der Waals surface area contributed by atoms with Crippen molar-refractivity contribution in [2.45, 2.75) is 32.5 Å². The number of halogens is 2. The molecular formula is C17H19Br2NSi. The number of hydrogen-bond donors (Lipinski definition) is 0. The zero-order valence-electron chi connectivity index (χ0n) is 12.6. The summed E-state index contributed by atoms with van der Waals surface area (Å²) in [7, 11) is -1.50. The van der Waals surface area contributed by atoms with Crippen molar-refractivity contribution in [3.05, 3.63) is 45.3 Å². The van der Waals surface area contributed by atoms with Gasteiger partial charge in [-0.2, -0.15) is 0 Å². The minimum absolute atomic E-state index is 1.14. The van der Waals surface area contributed by atoms with E-state index in [1.165, 1.54) is 33.9 Å². The normalized spacial score (nSPS) is 12.4. The Labute approximate surface area is 143 Å². The summed E-state index contributed by atoms with van der Waals surface area (Å²) in [6.07, 6.45) is 0. The Morgan fingerprint density at radius 2 is 1.29 bits per heavy atom. The maximum Gasteiger partial charge on any atom is 0.159 e. The van der Waals surface area contributed by atoms with Gasteiger partial charge in [0, 0.05) is 30.8 Å². The van der Waals surface area contributed by atoms with Gasteiger partial charge in [0.1, 0.15) is 0 Å². The molecule has 0 unspecified atom stereocenters. The zero-order valence-corrected chi connectivity index (χ0v) is 16.8. The van der Waals surface area contributed by atoms with Gasteiger partial charge < -0.3 is 4.23 Å². The number of benzene rings is 2. The van der Waals surface area contributed by atoms with Crippen molar-refractivity contribution in [3.63, 3.8) is 0 Å². The van der Waals surface area contributed by atoms with E-state index in [0.29, 0.717) is 0 Å². The molecule has 21 heavy (non-hydrogen) atoms. The van der Waals surface area contributed by atoms with Gasteiger partial charge in [-0.1, -0.05) is 52.3 Å². The lowest BCUT2D eigenvalue weighted by Gasteiger charge is -2.28. The topological polar surface area (TPSA) is 4.93 Å². The molecule has 0 spiro atoms. The fraction of sp³-hybridized carbons (Fsp3) is 0.294. The van der Waals surface area contributed by atoms with E-state index in [1.54, 1.807) is 0 Å². The molecule has 0 aliphatic carbocycles. The molecule has 0 bridgehead atoms. The lowest BCUT2D eigenvalue weighted by molar-refractivity contribution is 1.11. The summed E-state index contributed by atoms with van der Waals surface area (Å²) in [6, 6.07) is 15.9. The molecule has 0 radical (unpaired) electrons. The highest BCUT2D eigenvalue weighted by Gasteiger charge is 2.29. The van der Waals surface area contributed by atoms with Gasteiger partial charge in [0.2, 0.25) is 0 Å². The van der Waals surface area contributed by atoms with Gasteiger partial charge in [0.25, 0.3) is 0 Å². The van der Waals surface area contributed by atoms with Crippen molar-refractivity contribution in [2.75, 3.05) is 0 Å². The fourth-order valence-electron chi connectivity index (χ4n) is 3.12. The van der Waals surface area contributed by atoms with E-state index in [9.17, 15) is 0 Å². The minimum Gasteiger partial charge on any atom is -0.368 e. The van der Waals surface area contributed by atoms with E-state index < -0.39 is 8.24 Å². The van der Waals surface area contributed by atoms with Crippen LogP contribution < -0.4 is 0 Å². The quantitative estimate of drug-likeness (QED) is 0.408. The molecule has 2 aromatic carbocycles. The second-order valence-corrected chi connectivity index (χ2v) is 12.5. The molecule has 0 fully saturated rings. The van der Waals surface area contributed by atoms with Gasteiger partial charge in [-0.05, 0) is 48.5 Å². The average molecular weight is 425 g/mol. The van der Waals surface area contributed by atoms with Crippen LogP contribution in [0.1, 0.15) is 13.8 Å². The van der Waals surface area contributed by atoms with Gasteiger partial charge in [-0.15, -0.1) is 0 Å². The molecule has 110 valence electrons. The van der Waals surface area contributed by atoms with Crippen LogP contribution in [0.2, 0.25) is 18.6 Å². The van der Waals surface area contributed by atoms with Crippen molar-refractivity contribution in [1.29, 1.82) is 0 Å². The third-order valence-corrected chi connectivity index (χ3v) is 10.3. The fourth-order valence-corrected chi connectivity index (χ4v) is 6.52. The number of nitrogens with zero attached hydrogens (tertiary/aromatic N) is 1. The van der Waals surface area contributed by atoms with Crippen molar-refractivity contribution in [3.8, 4) is 0 Å². The van der Waals surface area contributed by atoms with Crippen LogP contribution >= 0.6 is 31.9 Å². The third kappa shape index (κ3) is 2.41. The molecule has 4 heteroatoms. The van der Waals surface area contributed by atoms with Crippen molar-refractivity contribution < 1.29 is 0 Å². The van der Waals surface area contributed by atoms with E-state index in [4.69, 9.17) is 0 Å². The summed E-state index contributed by atoms with van der Waals surface area (Å²) in [4.78, 5) is 0. The van der Waals surface area contributed by atoms with Crippen molar-refractivity contribution in [1.82, 2.24) is 4.23 Å². The first kappa shape index (κ1) is 15.3. The molecule has 0 amide bonds. The Morgan fingerprint density at radius 3 is 1.67 bits per heavy atom. The Balaban J connectivity index is 2.51. The largest absolute Gasteiger partial charge is 0.368 e. The molecule has 0 aliphatic heterocycles. The molecule has 3 aromatic rings. The second kappa shape index (κ2) is 5.56. The molecule has 0 saturated carbocycles. The third-order valence-electron chi connectivity index (χ3n) is 4.75. The molecule has 0 N–H and O–H groups in total. The summed E-state index contributed by atoms with van der Waals surface area (Å²) in [5.74, 6) is 0. The van der Waals surface area contributed by atoms with Gasteiger partial charge in [-0.25, -0.2) is 0 Å². The van der Waals surface area contributed by atoms with Crippen LogP contribution in [0.15, 0.2) is 45.3 Å². The van der Waals surface area contributed by atoms with Gasteiger partial charge in [0.15, 0.2) is 8.24 Å². The van der Waals surface area contributed by atoms with E-state index in [0.717, 1.165) is 8.95 Å². The molecule has 1 heterocycles. The molecule has 0 saturated heterocycles. The number of hydrogen-bond acceptors (Lipinski definition) is 0. The van der Waals surface area contributed by atoms with Crippen LogP contribution in [0, 0.1) is 0 Å². The Bertz CT molecular complexity index is 759. The van der Waals surface area contributed by atoms with Gasteiger partial charge in [-0.3, -0.25) is 0 Å². The van der Waals surface area contributed by atoms with Gasteiger partial charge in [0.05, 0.1) is 0 Å². The Morgan fingerprint density at radius 1 is 0.857 bits per heavy atom. The SMILES string of the molecule is CC[Si](C)(CC)n1c2ccc(Br)cc2c2cc(Br)ccc21. The predicted octanol–water partition coefficient (Wildman–Crippen LogP) is 6.78. The number of aromatic nitrogens is 1. The Kier molecular flexibility index (Phi) is 4.06. The molecule has 3 rings (SSSR count). The summed E-state index contributed by atoms with van der Waals surface area (Å²) < 4.78 is 4.95. The zero-order chi connectivity index (χ0) is 15.2. The standard InChI is InChI=1S/C17H19Br2NSi/c1-4-21(3,5-2)20-16-8-6-12(18)10-14(16)15-11-13(19)7-9-17(15)20/h6-11H,4-5H2,1-3H3. The minimum atomic E-state index is -1.50. The van der Waals surface area contributed by atoms with E-state index in [1.807, 2.05) is 0 Å². The van der Waals surface area contributed by atoms with Crippen LogP contribution in [0.4, 0.5) is 0 Å². The van der Waals surface area contributed by atoms with E-state index in [-0.39, 0.29) is 0 Å². The number of fused-ring (bicyclic) bond motifs is 3. The lowest BCUT2D eigenvalue weighted by Crippen LogP contribution is -2.37. The lowest BCUT2D eigenvalue weighted by atomic mass is 10.2. The van der Waals surface area contributed by atoms with Crippen LogP contribution in [0.25, 0.3) is 21.8 Å². The summed E-state index contributed by atoms with van der Waals surface area (Å²) >= 11 is 7.24. The highest BCUT2D eigenvalue weighted by atomic mass is 79.9. The predicted molar refractivity (Wildman–Crippen MR) is 103 cm³/mol. The molecule has 0 atom stereocenters. The maximum absolute atomic E-state index is 3.62. The number of rotatable bonds is 3. The molecule has 1 aromatic heterocycles. The van der Waals surface area contributed by atoms with Crippen LogP contribution in [-0.4, -0.2) is 12.5 Å². The second-order valence-electron chi connectivity index (χ2n) is 5.86. The first-order valence-corrected chi connectivity index (χ1v) is 11.8. The maximum atomic E-state index is 3.62. The van der Waals surface area contributed by atoms with Crippen LogP contribution in [0.5, 0.6) is 0 Å². The first-order valence-electron chi connectivity index (χ1n) is 7.40. The molecular weight excluding hydrogens is 406 g/mol. The highest BCUT2D eigenvalue weighted by molar-refractivity contribution is 9.10. The van der Waals surface area contributed by atoms with Crippen LogP contribution in [0.3, 0.4) is 0 Å². The van der Waals surface area contributed by atoms with Gasteiger partial charge >= 0.3 is 0 Å². The monoisotopic (exact) mass is 423 g/mol. The van der Waals surface area contributed by atoms with Crippen molar-refractivity contribution >= 4 is 61.9 Å². The van der Waals surface area contributed by atoms with E-state index in [2.05, 4.69) is 92.9 Å². The average Bonchev–Trinajstić information content (AvgIpc) is 2.80. The first-order chi connectivity index (χ1) is 10.00. The summed E-state index contributed by atoms with van der Waals surface area (Å²) in [5.41, 5.74) is 2.76. The molecule has 0 aliphatic rings. The smallest absolute Gasteiger partial charge is 0.159 e. The van der Waals surface area contributed by atoms with E-state index >= 15 is 0 Å². The van der Waals surface area contributed by atoms with Crippen molar-refractivity contribution in [2.24, 2.45) is 0 Å². The summed E-state index contributed by atoms with van der Waals surface area (Å²) in [6.45, 7) is 7.17. The Hall–Kier alpha value is -0.583. The van der Waals surface area contributed by atoms with Crippen LogP contribution in [-0.2, 0) is 0 Å². The summed E-state index contributed by atoms with van der Waals surface area (Å²) in [5, 5.41) is 2.70. The highest BCUT2D eigenvalue weighted by Crippen LogP contribution is 2.36.